The second-order valence-corrected chi connectivity index (χ2v) is 17.6. The Morgan fingerprint density at radius 3 is 2.31 bits per heavy atom. The number of aromatic nitrogens is 4. The van der Waals surface area contributed by atoms with Crippen molar-refractivity contribution in [2.24, 2.45) is 5.41 Å². The van der Waals surface area contributed by atoms with Gasteiger partial charge in [-0.05, 0) is 20.8 Å². The average molecular weight is 918 g/mol. The SMILES string of the molecule is CC(O)CC(=O)SCCNC(=O)CCNC(=O)C(O)C(C)(C)C(O)(O)OOP(=O)(O)OOP(=O)(O)OCC1OC(n2cnc3c(N)ncnc32)C(O)C1OP(=O)(O)O. The third-order valence-corrected chi connectivity index (χ3v) is 10.5. The normalized spacial score (nSPS) is 22.2. The molecule has 0 bridgehead atoms. The van der Waals surface area contributed by atoms with Gasteiger partial charge in [-0.15, -0.1) is 14.0 Å². The molecule has 33 heteroatoms. The lowest BCUT2D eigenvalue weighted by atomic mass is 9.83. The molecule has 8 unspecified atom stereocenters. The second kappa shape index (κ2) is 20.3. The zero-order valence-corrected chi connectivity index (χ0v) is 33.8. The molecule has 0 aromatic carbocycles. The van der Waals surface area contributed by atoms with Crippen molar-refractivity contribution in [1.29, 1.82) is 0 Å². The van der Waals surface area contributed by atoms with Crippen LogP contribution in [0.5, 0.6) is 0 Å². The van der Waals surface area contributed by atoms with Crippen LogP contribution in [0.2, 0.25) is 0 Å². The van der Waals surface area contributed by atoms with Gasteiger partial charge in [0.25, 0.3) is 0 Å². The number of anilines is 1. The van der Waals surface area contributed by atoms with Crippen LogP contribution in [0.15, 0.2) is 12.7 Å². The Morgan fingerprint density at radius 1 is 1.02 bits per heavy atom. The lowest BCUT2D eigenvalue weighted by Crippen LogP contribution is -2.57. The molecule has 13 N–H and O–H groups in total. The van der Waals surface area contributed by atoms with Crippen molar-refractivity contribution in [3.63, 3.8) is 0 Å². The first-order chi connectivity index (χ1) is 26.7. The molecule has 2 amide bonds. The van der Waals surface area contributed by atoms with E-state index < -0.39 is 90.0 Å². The number of carbonyl (C=O) groups is 3. The lowest BCUT2D eigenvalue weighted by Gasteiger charge is -2.38. The number of fused-ring (bicyclic) bond motifs is 1. The summed E-state index contributed by atoms with van der Waals surface area (Å²) in [6.07, 6.45) is -8.75. The van der Waals surface area contributed by atoms with E-state index in [1.165, 1.54) is 6.92 Å². The average Bonchev–Trinajstić information content (AvgIpc) is 3.67. The number of hydrogen-bond donors (Lipinski definition) is 12. The fraction of sp³-hybridized carbons (Fsp3) is 0.680. The minimum atomic E-state index is -5.90. The number of nitrogens with zero attached hydrogens (tertiary/aromatic N) is 4. The first kappa shape index (κ1) is 49.7. The highest BCUT2D eigenvalue weighted by molar-refractivity contribution is 8.13. The highest BCUT2D eigenvalue weighted by Gasteiger charge is 2.54. The smallest absolute Gasteiger partial charge is 0.393 e. The summed E-state index contributed by atoms with van der Waals surface area (Å²) in [6, 6.07) is 0. The lowest BCUT2D eigenvalue weighted by molar-refractivity contribution is -0.496. The fourth-order valence-electron chi connectivity index (χ4n) is 4.57. The summed E-state index contributed by atoms with van der Waals surface area (Å²) >= 11 is 0.895. The van der Waals surface area contributed by atoms with Gasteiger partial charge in [0.15, 0.2) is 22.8 Å². The quantitative estimate of drug-likeness (QED) is 0.0173. The van der Waals surface area contributed by atoms with E-state index in [9.17, 15) is 73.2 Å². The van der Waals surface area contributed by atoms with Gasteiger partial charge >= 0.3 is 29.4 Å². The first-order valence-electron chi connectivity index (χ1n) is 16.2. The molecule has 1 fully saturated rings. The molecule has 29 nitrogen and oxygen atoms in total. The fourth-order valence-corrected chi connectivity index (χ4v) is 7.21. The summed E-state index contributed by atoms with van der Waals surface area (Å²) in [7, 11) is -16.9. The molecule has 1 saturated heterocycles. The van der Waals surface area contributed by atoms with Gasteiger partial charge in [0, 0.05) is 31.7 Å². The predicted molar refractivity (Wildman–Crippen MR) is 188 cm³/mol. The highest BCUT2D eigenvalue weighted by Crippen LogP contribution is 2.54. The molecule has 330 valence electrons. The number of hydrogen-bond acceptors (Lipinski definition) is 23. The van der Waals surface area contributed by atoms with Gasteiger partial charge in [-0.3, -0.25) is 32.9 Å². The van der Waals surface area contributed by atoms with E-state index in [-0.39, 0.29) is 53.8 Å². The first-order valence-corrected chi connectivity index (χ1v) is 21.7. The van der Waals surface area contributed by atoms with Gasteiger partial charge in [-0.2, -0.15) is 4.89 Å². The number of phosphoric ester groups is 2. The van der Waals surface area contributed by atoms with E-state index in [1.54, 1.807) is 0 Å². The van der Waals surface area contributed by atoms with Gasteiger partial charge in [-0.1, -0.05) is 11.8 Å². The Kier molecular flexibility index (Phi) is 17.4. The summed E-state index contributed by atoms with van der Waals surface area (Å²) in [5.74, 6) is -5.53. The highest BCUT2D eigenvalue weighted by atomic mass is 32.2. The van der Waals surface area contributed by atoms with Crippen LogP contribution < -0.4 is 16.4 Å². The van der Waals surface area contributed by atoms with Crippen LogP contribution in [0.25, 0.3) is 11.2 Å². The maximum absolute atomic E-state index is 12.5. The monoisotopic (exact) mass is 917 g/mol. The summed E-state index contributed by atoms with van der Waals surface area (Å²) in [5.41, 5.74) is 3.26. The Labute approximate surface area is 330 Å². The van der Waals surface area contributed by atoms with Crippen LogP contribution in [0.1, 0.15) is 39.8 Å². The van der Waals surface area contributed by atoms with Gasteiger partial charge in [0.05, 0.1) is 24.5 Å². The zero-order valence-electron chi connectivity index (χ0n) is 30.3. The number of rotatable bonds is 23. The molecule has 0 aliphatic carbocycles. The number of nitrogens with one attached hydrogen (secondary N) is 2. The summed E-state index contributed by atoms with van der Waals surface area (Å²) in [4.78, 5) is 90.4. The van der Waals surface area contributed by atoms with Gasteiger partial charge in [0.2, 0.25) is 11.8 Å². The number of carbonyl (C=O) groups excluding carboxylic acids is 3. The third-order valence-electron chi connectivity index (χ3n) is 7.67. The molecule has 2 aromatic heterocycles. The van der Waals surface area contributed by atoms with Gasteiger partial charge in [0.1, 0.15) is 36.3 Å². The van der Waals surface area contributed by atoms with Crippen LogP contribution in [0.3, 0.4) is 0 Å². The number of imidazole rings is 1. The Balaban J connectivity index is 1.51. The third kappa shape index (κ3) is 14.2. The standard InChI is InChI=1S/C25H42N7O22P3S/c1-12(33)8-15(35)58-7-6-27-14(34)4-5-28-22(38)19(37)24(2,3)25(39,40)51-52-57(46,47)54-53-56(44,45)48-9-13-18(50-55(41,42)43)17(36)23(49-13)32-11-31-16-20(26)29-10-30-21(16)32/h10-13,17-19,23,33,36-37,39-40H,4-9H2,1-3H3,(H,27,34)(H,28,38)(H,44,45)(H,46,47)(H2,26,29,30)(H2,41,42,43). The van der Waals surface area contributed by atoms with Crippen LogP contribution in [0.4, 0.5) is 5.82 Å². The van der Waals surface area contributed by atoms with E-state index in [0.29, 0.717) is 0 Å². The minimum Gasteiger partial charge on any atom is -0.393 e. The number of nitrogen functional groups attached to an aromatic ring is 1. The van der Waals surface area contributed by atoms with Crippen LogP contribution >= 0.6 is 35.2 Å². The Bertz CT molecular complexity index is 1900. The summed E-state index contributed by atoms with van der Waals surface area (Å²) < 4.78 is 63.8. The molecular weight excluding hydrogens is 875 g/mol. The van der Waals surface area contributed by atoms with Crippen LogP contribution in [-0.2, 0) is 60.8 Å². The van der Waals surface area contributed by atoms with Crippen molar-refractivity contribution in [3.8, 4) is 0 Å². The van der Waals surface area contributed by atoms with Crippen molar-refractivity contribution >= 4 is 69.1 Å². The summed E-state index contributed by atoms with van der Waals surface area (Å²) in [5, 5.41) is 55.5. The van der Waals surface area contributed by atoms with Gasteiger partial charge < -0.3 is 61.3 Å². The van der Waals surface area contributed by atoms with E-state index in [2.05, 4.69) is 53.5 Å². The van der Waals surface area contributed by atoms with Crippen LogP contribution in [-0.4, -0.2) is 143 Å². The molecule has 1 aliphatic heterocycles. The minimum absolute atomic E-state index is 0.0137. The number of aliphatic hydroxyl groups is 5. The maximum Gasteiger partial charge on any atom is 0.527 e. The number of phosphoric acid groups is 3. The predicted octanol–water partition coefficient (Wildman–Crippen LogP) is -3.06. The van der Waals surface area contributed by atoms with E-state index >= 15 is 0 Å². The molecule has 0 saturated carbocycles. The van der Waals surface area contributed by atoms with Crippen molar-refractivity contribution < 1.29 is 106 Å². The van der Waals surface area contributed by atoms with E-state index in [0.717, 1.165) is 42.8 Å². The van der Waals surface area contributed by atoms with Crippen molar-refractivity contribution in [2.75, 3.05) is 31.2 Å². The molecule has 8 atom stereocenters. The topological polar surface area (TPSA) is 443 Å². The Morgan fingerprint density at radius 2 is 1.67 bits per heavy atom. The number of ether oxygens (including phenoxy) is 1. The zero-order chi connectivity index (χ0) is 43.9. The number of nitrogens with two attached hydrogens (primary N) is 1. The Hall–Kier alpha value is -2.64. The molecule has 0 radical (unpaired) electrons. The molecule has 3 heterocycles. The molecule has 1 aliphatic rings. The van der Waals surface area contributed by atoms with Crippen molar-refractivity contribution in [2.45, 2.75) is 76.3 Å². The van der Waals surface area contributed by atoms with Crippen molar-refractivity contribution in [3.05, 3.63) is 12.7 Å². The largest absolute Gasteiger partial charge is 0.527 e. The van der Waals surface area contributed by atoms with Crippen LogP contribution in [0, 0.1) is 5.41 Å². The molecule has 3 rings (SSSR count). The van der Waals surface area contributed by atoms with Gasteiger partial charge in [-0.25, -0.2) is 28.6 Å². The maximum atomic E-state index is 12.5. The number of amides is 2. The molecule has 2 aromatic rings. The molecule has 58 heavy (non-hydrogen) atoms. The second-order valence-electron chi connectivity index (χ2n) is 12.6. The molecule has 0 spiro atoms. The van der Waals surface area contributed by atoms with E-state index in [4.69, 9.17) is 10.5 Å². The summed E-state index contributed by atoms with van der Waals surface area (Å²) in [6.45, 7) is 1.58. The molecular formula is C25H42N7O22P3S. The number of aliphatic hydroxyl groups excluding tert-OH is 3. The van der Waals surface area contributed by atoms with E-state index in [1.807, 2.05) is 0 Å². The number of thioether (sulfide) groups is 1. The van der Waals surface area contributed by atoms with Crippen molar-refractivity contribution in [1.82, 2.24) is 30.2 Å².